The second-order valence-corrected chi connectivity index (χ2v) is 13.2. The Bertz CT molecular complexity index is 2990. The summed E-state index contributed by atoms with van der Waals surface area (Å²) in [5.41, 5.74) is 10.5. The van der Waals surface area contributed by atoms with E-state index in [9.17, 15) is 0 Å². The summed E-state index contributed by atoms with van der Waals surface area (Å²) in [7, 11) is 0. The van der Waals surface area contributed by atoms with Gasteiger partial charge in [0.2, 0.25) is 0 Å². The van der Waals surface area contributed by atoms with Gasteiger partial charge in [-0.15, -0.1) is 0 Å². The Morgan fingerprint density at radius 3 is 1.23 bits per heavy atom. The Hall–Kier alpha value is -6.24. The number of hydrogen-bond donors (Lipinski definition) is 0. The smallest absolute Gasteiger partial charge is 0.000696 e. The zero-order valence-electron chi connectivity index (χ0n) is 26.2. The molecule has 48 heavy (non-hydrogen) atoms. The molecule has 0 N–H and O–H groups in total. The fourth-order valence-electron chi connectivity index (χ4n) is 8.73. The van der Waals surface area contributed by atoms with Crippen molar-refractivity contribution in [3.8, 4) is 44.5 Å². The number of fused-ring (bicyclic) bond motifs is 9. The first kappa shape index (κ1) is 25.9. The minimum Gasteiger partial charge on any atom is -0.0616 e. The summed E-state index contributed by atoms with van der Waals surface area (Å²) in [6.45, 7) is 0. The van der Waals surface area contributed by atoms with E-state index in [1.807, 2.05) is 0 Å². The van der Waals surface area contributed by atoms with Crippen LogP contribution in [0.15, 0.2) is 170 Å². The quantitative estimate of drug-likeness (QED) is 0.136. The summed E-state index contributed by atoms with van der Waals surface area (Å²) < 4.78 is 0. The summed E-state index contributed by atoms with van der Waals surface area (Å²) in [4.78, 5) is 0. The number of hydrogen-bond acceptors (Lipinski definition) is 0. The van der Waals surface area contributed by atoms with Crippen LogP contribution >= 0.6 is 0 Å². The van der Waals surface area contributed by atoms with Gasteiger partial charge in [-0.2, -0.15) is 0 Å². The second kappa shape index (κ2) is 9.64. The van der Waals surface area contributed by atoms with Gasteiger partial charge in [0.1, 0.15) is 0 Å². The SMILES string of the molecule is c1ccc2cc3c(-c4cccc5ccccc45)c4c(c(-c5cccc6ccccc56)c3cc2c1)-c1cccc2c1c-4cc1ccccc12. The Morgan fingerprint density at radius 2 is 0.625 bits per heavy atom. The zero-order valence-corrected chi connectivity index (χ0v) is 26.2. The summed E-state index contributed by atoms with van der Waals surface area (Å²) in [6, 6.07) is 63.4. The third-order valence-corrected chi connectivity index (χ3v) is 10.7. The highest BCUT2D eigenvalue weighted by Gasteiger charge is 2.32. The minimum atomic E-state index is 1.26. The van der Waals surface area contributed by atoms with E-state index in [4.69, 9.17) is 0 Å². The van der Waals surface area contributed by atoms with Gasteiger partial charge in [-0.3, -0.25) is 0 Å². The molecule has 0 atom stereocenters. The van der Waals surface area contributed by atoms with Crippen LogP contribution in [-0.4, -0.2) is 0 Å². The summed E-state index contributed by atoms with van der Waals surface area (Å²) >= 11 is 0. The van der Waals surface area contributed by atoms with Crippen LogP contribution in [0.1, 0.15) is 0 Å². The van der Waals surface area contributed by atoms with Crippen LogP contribution in [0.5, 0.6) is 0 Å². The van der Waals surface area contributed by atoms with Crippen molar-refractivity contribution in [2.45, 2.75) is 0 Å². The van der Waals surface area contributed by atoms with Gasteiger partial charge in [0.15, 0.2) is 0 Å². The normalized spacial score (nSPS) is 12.2. The molecule has 11 rings (SSSR count). The molecule has 0 heterocycles. The van der Waals surface area contributed by atoms with Crippen molar-refractivity contribution in [2.24, 2.45) is 0 Å². The van der Waals surface area contributed by atoms with E-state index in [0.717, 1.165) is 0 Å². The minimum absolute atomic E-state index is 1.26. The van der Waals surface area contributed by atoms with E-state index in [2.05, 4.69) is 170 Å². The number of rotatable bonds is 2. The van der Waals surface area contributed by atoms with E-state index < -0.39 is 0 Å². The van der Waals surface area contributed by atoms with Crippen LogP contribution in [-0.2, 0) is 0 Å². The lowest BCUT2D eigenvalue weighted by Gasteiger charge is -2.22. The first-order chi connectivity index (χ1) is 23.8. The highest BCUT2D eigenvalue weighted by atomic mass is 14.3. The van der Waals surface area contributed by atoms with Gasteiger partial charge in [-0.05, 0) is 127 Å². The van der Waals surface area contributed by atoms with Crippen molar-refractivity contribution >= 4 is 64.6 Å². The van der Waals surface area contributed by atoms with Crippen LogP contribution in [0.2, 0.25) is 0 Å². The van der Waals surface area contributed by atoms with Gasteiger partial charge < -0.3 is 0 Å². The highest BCUT2D eigenvalue weighted by molar-refractivity contribution is 6.33. The predicted molar refractivity (Wildman–Crippen MR) is 207 cm³/mol. The average molecular weight is 605 g/mol. The highest BCUT2D eigenvalue weighted by Crippen LogP contribution is 2.59. The maximum atomic E-state index is 2.46. The maximum Gasteiger partial charge on any atom is -0.000696 e. The van der Waals surface area contributed by atoms with Crippen LogP contribution in [0.25, 0.3) is 109 Å². The molecule has 10 aromatic rings. The van der Waals surface area contributed by atoms with Gasteiger partial charge in [-0.25, -0.2) is 0 Å². The first-order valence-corrected chi connectivity index (χ1v) is 16.8. The molecule has 10 aromatic carbocycles. The molecule has 0 aromatic heterocycles. The molecular weight excluding hydrogens is 577 g/mol. The Kier molecular flexibility index (Phi) is 5.20. The standard InChI is InChI=1S/C48H28/c1-2-15-32-27-42-41(26-31(32)14-1)45(38-22-9-17-29-12-3-6-19-34(29)38)47-40-25-11-24-37-36-21-8-5-16-33(36)28-43(44(37)40)48(47)46(42)39-23-10-18-30-13-4-7-20-35(30)39/h1-28H. The molecule has 0 heteroatoms. The Balaban J connectivity index is 1.45. The van der Waals surface area contributed by atoms with Crippen LogP contribution < -0.4 is 0 Å². The van der Waals surface area contributed by atoms with Crippen LogP contribution in [0, 0.1) is 0 Å². The van der Waals surface area contributed by atoms with Gasteiger partial charge in [0, 0.05) is 0 Å². The molecule has 0 fully saturated rings. The maximum absolute atomic E-state index is 2.46. The molecule has 0 nitrogen and oxygen atoms in total. The van der Waals surface area contributed by atoms with E-state index in [1.54, 1.807) is 0 Å². The molecule has 0 spiro atoms. The Labute approximate surface area is 278 Å². The molecule has 0 radical (unpaired) electrons. The van der Waals surface area contributed by atoms with E-state index in [-0.39, 0.29) is 0 Å². The van der Waals surface area contributed by atoms with E-state index in [1.165, 1.54) is 109 Å². The van der Waals surface area contributed by atoms with Gasteiger partial charge in [-0.1, -0.05) is 152 Å². The second-order valence-electron chi connectivity index (χ2n) is 13.2. The van der Waals surface area contributed by atoms with Crippen molar-refractivity contribution < 1.29 is 0 Å². The fourth-order valence-corrected chi connectivity index (χ4v) is 8.73. The summed E-state index contributed by atoms with van der Waals surface area (Å²) in [5.74, 6) is 0. The van der Waals surface area contributed by atoms with Gasteiger partial charge in [0.25, 0.3) is 0 Å². The zero-order chi connectivity index (χ0) is 31.3. The molecule has 0 saturated heterocycles. The van der Waals surface area contributed by atoms with Gasteiger partial charge in [0.05, 0.1) is 0 Å². The van der Waals surface area contributed by atoms with Crippen LogP contribution in [0.4, 0.5) is 0 Å². The summed E-state index contributed by atoms with van der Waals surface area (Å²) in [6.07, 6.45) is 0. The third-order valence-electron chi connectivity index (χ3n) is 10.7. The lowest BCUT2D eigenvalue weighted by Crippen LogP contribution is -1.95. The molecule has 1 aliphatic rings. The van der Waals surface area contributed by atoms with E-state index >= 15 is 0 Å². The monoisotopic (exact) mass is 604 g/mol. The molecule has 0 amide bonds. The molecule has 0 unspecified atom stereocenters. The first-order valence-electron chi connectivity index (χ1n) is 16.8. The van der Waals surface area contributed by atoms with E-state index in [0.29, 0.717) is 0 Å². The van der Waals surface area contributed by atoms with Crippen LogP contribution in [0.3, 0.4) is 0 Å². The predicted octanol–water partition coefficient (Wildman–Crippen LogP) is 13.6. The molecule has 1 aliphatic carbocycles. The average Bonchev–Trinajstić information content (AvgIpc) is 3.47. The van der Waals surface area contributed by atoms with Crippen molar-refractivity contribution in [2.75, 3.05) is 0 Å². The lowest BCUT2D eigenvalue weighted by atomic mass is 9.80. The molecule has 0 bridgehead atoms. The third kappa shape index (κ3) is 3.44. The van der Waals surface area contributed by atoms with Gasteiger partial charge >= 0.3 is 0 Å². The van der Waals surface area contributed by atoms with Crippen molar-refractivity contribution in [1.29, 1.82) is 0 Å². The molecular formula is C48H28. The van der Waals surface area contributed by atoms with Crippen molar-refractivity contribution in [3.05, 3.63) is 170 Å². The molecule has 0 aliphatic heterocycles. The Morgan fingerprint density at radius 1 is 0.208 bits per heavy atom. The fraction of sp³-hybridized carbons (Fsp3) is 0. The van der Waals surface area contributed by atoms with Crippen molar-refractivity contribution in [1.82, 2.24) is 0 Å². The summed E-state index contributed by atoms with van der Waals surface area (Å²) in [5, 5.41) is 15.4. The topological polar surface area (TPSA) is 0 Å². The largest absolute Gasteiger partial charge is 0.0616 e. The molecule has 220 valence electrons. The number of benzene rings is 10. The lowest BCUT2D eigenvalue weighted by molar-refractivity contribution is 1.66. The molecule has 0 saturated carbocycles. The van der Waals surface area contributed by atoms with Crippen molar-refractivity contribution in [3.63, 3.8) is 0 Å².